The minimum atomic E-state index is -0.578. The number of esters is 1. The molecule has 140 valence electrons. The standard InChI is InChI=1S/C19H34O5/c1-3-4-5-8-14(20)11-12-16-15(17(21)13-18(16)22)9-6-7-10-19(23)24-2/h14-16,18,20,22H,3-13H2,1-2H3. The molecule has 1 aliphatic carbocycles. The van der Waals surface area contributed by atoms with Crippen molar-refractivity contribution in [3.8, 4) is 0 Å². The summed E-state index contributed by atoms with van der Waals surface area (Å²) in [7, 11) is 1.38. The van der Waals surface area contributed by atoms with Crippen LogP contribution in [-0.4, -0.2) is 41.3 Å². The van der Waals surface area contributed by atoms with Gasteiger partial charge in [-0.05, 0) is 38.0 Å². The second-order valence-electron chi connectivity index (χ2n) is 7.06. The number of aliphatic hydroxyl groups is 2. The van der Waals surface area contributed by atoms with Crippen LogP contribution in [0.3, 0.4) is 0 Å². The molecule has 1 fully saturated rings. The van der Waals surface area contributed by atoms with E-state index in [1.165, 1.54) is 7.11 Å². The average molecular weight is 342 g/mol. The van der Waals surface area contributed by atoms with E-state index < -0.39 is 6.10 Å². The van der Waals surface area contributed by atoms with Crippen molar-refractivity contribution in [3.05, 3.63) is 0 Å². The summed E-state index contributed by atoms with van der Waals surface area (Å²) in [6.07, 6.45) is 7.34. The van der Waals surface area contributed by atoms with Crippen LogP contribution in [0.15, 0.2) is 0 Å². The molecule has 0 amide bonds. The Balaban J connectivity index is 2.36. The van der Waals surface area contributed by atoms with E-state index >= 15 is 0 Å². The highest BCUT2D eigenvalue weighted by atomic mass is 16.5. The molecule has 4 atom stereocenters. The molecule has 1 aliphatic rings. The summed E-state index contributed by atoms with van der Waals surface area (Å²) in [6.45, 7) is 2.14. The van der Waals surface area contributed by atoms with Crippen molar-refractivity contribution in [2.45, 2.75) is 89.8 Å². The third kappa shape index (κ3) is 7.31. The second-order valence-corrected chi connectivity index (χ2v) is 7.06. The van der Waals surface area contributed by atoms with E-state index in [-0.39, 0.29) is 36.1 Å². The molecular formula is C19H34O5. The number of unbranched alkanes of at least 4 members (excludes halogenated alkanes) is 3. The molecule has 4 unspecified atom stereocenters. The summed E-state index contributed by atoms with van der Waals surface area (Å²) >= 11 is 0. The third-order valence-corrected chi connectivity index (χ3v) is 5.18. The van der Waals surface area contributed by atoms with Gasteiger partial charge in [0.25, 0.3) is 0 Å². The predicted octanol–water partition coefficient (Wildman–Crippen LogP) is 3.01. The Morgan fingerprint density at radius 3 is 2.62 bits per heavy atom. The average Bonchev–Trinajstić information content (AvgIpc) is 2.82. The first kappa shape index (κ1) is 21.1. The fraction of sp³-hybridized carbons (Fsp3) is 0.895. The van der Waals surface area contributed by atoms with E-state index in [0.717, 1.165) is 32.1 Å². The number of rotatable bonds is 12. The Bertz CT molecular complexity index is 382. The Kier molecular flexibility index (Phi) is 10.2. The Hall–Kier alpha value is -0.940. The second kappa shape index (κ2) is 11.6. The van der Waals surface area contributed by atoms with Gasteiger partial charge in [0, 0.05) is 18.8 Å². The number of ether oxygens (including phenoxy) is 1. The van der Waals surface area contributed by atoms with E-state index in [2.05, 4.69) is 11.7 Å². The molecule has 0 heterocycles. The third-order valence-electron chi connectivity index (χ3n) is 5.18. The van der Waals surface area contributed by atoms with Crippen molar-refractivity contribution in [2.75, 3.05) is 7.11 Å². The quantitative estimate of drug-likeness (QED) is 0.421. The number of aliphatic hydroxyl groups excluding tert-OH is 2. The van der Waals surface area contributed by atoms with Crippen molar-refractivity contribution in [2.24, 2.45) is 11.8 Å². The van der Waals surface area contributed by atoms with Crippen molar-refractivity contribution in [1.29, 1.82) is 0 Å². The molecule has 1 rings (SSSR count). The van der Waals surface area contributed by atoms with Crippen molar-refractivity contribution in [3.63, 3.8) is 0 Å². The van der Waals surface area contributed by atoms with E-state index in [1.807, 2.05) is 0 Å². The smallest absolute Gasteiger partial charge is 0.305 e. The van der Waals surface area contributed by atoms with E-state index in [4.69, 9.17) is 0 Å². The Labute approximate surface area is 145 Å². The van der Waals surface area contributed by atoms with Crippen molar-refractivity contribution >= 4 is 11.8 Å². The molecule has 0 bridgehead atoms. The monoisotopic (exact) mass is 342 g/mol. The Morgan fingerprint density at radius 1 is 1.21 bits per heavy atom. The van der Waals surface area contributed by atoms with Gasteiger partial charge in [0.2, 0.25) is 0 Å². The summed E-state index contributed by atoms with van der Waals surface area (Å²) < 4.78 is 4.61. The highest BCUT2D eigenvalue weighted by Gasteiger charge is 2.40. The molecule has 0 spiro atoms. The van der Waals surface area contributed by atoms with Gasteiger partial charge in [-0.3, -0.25) is 9.59 Å². The van der Waals surface area contributed by atoms with Gasteiger partial charge in [-0.2, -0.15) is 0 Å². The van der Waals surface area contributed by atoms with E-state index in [1.54, 1.807) is 0 Å². The summed E-state index contributed by atoms with van der Waals surface area (Å²) in [5.41, 5.74) is 0. The van der Waals surface area contributed by atoms with Crippen LogP contribution in [0.4, 0.5) is 0 Å². The molecule has 1 saturated carbocycles. The molecular weight excluding hydrogens is 308 g/mol. The number of hydrogen-bond donors (Lipinski definition) is 2. The van der Waals surface area contributed by atoms with E-state index in [9.17, 15) is 19.8 Å². The maximum Gasteiger partial charge on any atom is 0.305 e. The zero-order valence-corrected chi connectivity index (χ0v) is 15.2. The van der Waals surface area contributed by atoms with Gasteiger partial charge in [-0.25, -0.2) is 0 Å². The molecule has 5 nitrogen and oxygen atoms in total. The lowest BCUT2D eigenvalue weighted by atomic mass is 9.85. The van der Waals surface area contributed by atoms with Crippen LogP contribution in [0, 0.1) is 11.8 Å². The molecule has 2 N–H and O–H groups in total. The van der Waals surface area contributed by atoms with Gasteiger partial charge in [0.1, 0.15) is 5.78 Å². The van der Waals surface area contributed by atoms with E-state index in [0.29, 0.717) is 32.1 Å². The lowest BCUT2D eigenvalue weighted by Gasteiger charge is -2.22. The maximum absolute atomic E-state index is 12.1. The van der Waals surface area contributed by atoms with Crippen LogP contribution in [0.25, 0.3) is 0 Å². The van der Waals surface area contributed by atoms with Crippen molar-refractivity contribution < 1.29 is 24.5 Å². The van der Waals surface area contributed by atoms with Gasteiger partial charge in [-0.15, -0.1) is 0 Å². The van der Waals surface area contributed by atoms with Crippen LogP contribution in [0.5, 0.6) is 0 Å². The van der Waals surface area contributed by atoms with Gasteiger partial charge in [0.05, 0.1) is 19.3 Å². The number of Topliss-reactive ketones (excluding diaryl/α,β-unsaturated/α-hetero) is 1. The number of methoxy groups -OCH3 is 1. The number of carbonyl (C=O) groups is 2. The van der Waals surface area contributed by atoms with Crippen LogP contribution >= 0.6 is 0 Å². The van der Waals surface area contributed by atoms with Crippen LogP contribution in [0.1, 0.15) is 77.6 Å². The molecule has 0 aromatic rings. The largest absolute Gasteiger partial charge is 0.469 e. The maximum atomic E-state index is 12.1. The first-order valence-corrected chi connectivity index (χ1v) is 9.45. The fourth-order valence-electron chi connectivity index (χ4n) is 3.68. The molecule has 0 aromatic heterocycles. The predicted molar refractivity (Wildman–Crippen MR) is 92.5 cm³/mol. The molecule has 0 saturated heterocycles. The lowest BCUT2D eigenvalue weighted by molar-refractivity contribution is -0.140. The molecule has 0 aliphatic heterocycles. The highest BCUT2D eigenvalue weighted by Crippen LogP contribution is 2.36. The normalized spacial score (nSPS) is 25.0. The van der Waals surface area contributed by atoms with Gasteiger partial charge < -0.3 is 14.9 Å². The molecule has 0 radical (unpaired) electrons. The van der Waals surface area contributed by atoms with Crippen LogP contribution in [0.2, 0.25) is 0 Å². The summed E-state index contributed by atoms with van der Waals surface area (Å²) in [5.74, 6) is -0.262. The topological polar surface area (TPSA) is 83.8 Å². The van der Waals surface area contributed by atoms with Gasteiger partial charge >= 0.3 is 5.97 Å². The molecule has 0 aromatic carbocycles. The summed E-state index contributed by atoms with van der Waals surface area (Å²) in [4.78, 5) is 23.2. The lowest BCUT2D eigenvalue weighted by Crippen LogP contribution is -2.22. The number of hydrogen-bond acceptors (Lipinski definition) is 5. The van der Waals surface area contributed by atoms with Gasteiger partial charge in [-0.1, -0.05) is 32.6 Å². The minimum Gasteiger partial charge on any atom is -0.469 e. The first-order chi connectivity index (χ1) is 11.5. The minimum absolute atomic E-state index is 0.0450. The SMILES string of the molecule is CCCCCC(O)CCC1C(O)CC(=O)C1CCCCC(=O)OC. The molecule has 5 heteroatoms. The summed E-state index contributed by atoms with van der Waals surface area (Å²) in [6, 6.07) is 0. The summed E-state index contributed by atoms with van der Waals surface area (Å²) in [5, 5.41) is 20.2. The number of carbonyl (C=O) groups excluding carboxylic acids is 2. The Morgan fingerprint density at radius 2 is 1.96 bits per heavy atom. The number of ketones is 1. The zero-order valence-electron chi connectivity index (χ0n) is 15.2. The van der Waals surface area contributed by atoms with Gasteiger partial charge in [0.15, 0.2) is 0 Å². The molecule has 24 heavy (non-hydrogen) atoms. The van der Waals surface area contributed by atoms with Crippen molar-refractivity contribution in [1.82, 2.24) is 0 Å². The fourth-order valence-corrected chi connectivity index (χ4v) is 3.68. The highest BCUT2D eigenvalue weighted by molar-refractivity contribution is 5.84. The zero-order chi connectivity index (χ0) is 17.9. The van der Waals surface area contributed by atoms with Crippen LogP contribution in [-0.2, 0) is 14.3 Å². The van der Waals surface area contributed by atoms with Crippen LogP contribution < -0.4 is 0 Å². The first-order valence-electron chi connectivity index (χ1n) is 9.45.